The minimum atomic E-state index is -0.617. The van der Waals surface area contributed by atoms with Crippen LogP contribution in [0.4, 0.5) is 0 Å². The fourth-order valence-corrected chi connectivity index (χ4v) is 7.29. The molecular formula is C37H43AuN2O2. The molecule has 224 valence electrons. The van der Waals surface area contributed by atoms with Gasteiger partial charge in [-0.15, -0.1) is 0 Å². The number of rotatable bonds is 7. The Morgan fingerprint density at radius 2 is 1.12 bits per heavy atom. The van der Waals surface area contributed by atoms with Gasteiger partial charge < -0.3 is 0 Å². The first-order valence-corrected chi connectivity index (χ1v) is 16.9. The van der Waals surface area contributed by atoms with E-state index < -0.39 is 19.3 Å². The van der Waals surface area contributed by atoms with Crippen LogP contribution in [-0.4, -0.2) is 22.2 Å². The van der Waals surface area contributed by atoms with E-state index in [1.807, 2.05) is 18.2 Å². The van der Waals surface area contributed by atoms with Crippen molar-refractivity contribution in [3.8, 4) is 21.4 Å². The monoisotopic (exact) mass is 744 g/mol. The van der Waals surface area contributed by atoms with Crippen LogP contribution in [-0.2, 0) is 24.0 Å². The predicted molar refractivity (Wildman–Crippen MR) is 169 cm³/mol. The molecule has 0 fully saturated rings. The van der Waals surface area contributed by atoms with Crippen LogP contribution in [0.1, 0.15) is 117 Å². The van der Waals surface area contributed by atoms with Gasteiger partial charge >= 0.3 is 262 Å². The summed E-state index contributed by atoms with van der Waals surface area (Å²) in [6.07, 6.45) is 4.47. The Bertz CT molecular complexity index is 1570. The molecule has 0 aliphatic carbocycles. The maximum atomic E-state index is 12.1. The molecule has 0 bridgehead atoms. The Morgan fingerprint density at radius 3 is 1.52 bits per heavy atom. The van der Waals surface area contributed by atoms with E-state index >= 15 is 0 Å². The predicted octanol–water partition coefficient (Wildman–Crippen LogP) is 9.17. The van der Waals surface area contributed by atoms with Crippen molar-refractivity contribution in [2.75, 3.05) is 7.11 Å². The molecule has 0 spiro atoms. The zero-order valence-electron chi connectivity index (χ0n) is 26.3. The molecule has 0 aliphatic heterocycles. The first-order valence-electron chi connectivity index (χ1n) is 14.7. The number of para-hydroxylation sites is 2. The van der Waals surface area contributed by atoms with E-state index in [-0.39, 0.29) is 5.97 Å². The molecule has 4 nitrogen and oxygen atoms in total. The summed E-state index contributed by atoms with van der Waals surface area (Å²) in [5.41, 5.74) is 9.23. The molecule has 0 radical (unpaired) electrons. The number of aromatic nitrogens is 2. The van der Waals surface area contributed by atoms with Crippen LogP contribution in [0.15, 0.2) is 73.1 Å². The summed E-state index contributed by atoms with van der Waals surface area (Å²) >= 11 is -0.617. The Hall–Kier alpha value is -3.36. The van der Waals surface area contributed by atoms with Crippen molar-refractivity contribution in [1.82, 2.24) is 9.13 Å². The van der Waals surface area contributed by atoms with E-state index in [4.69, 9.17) is 4.74 Å². The van der Waals surface area contributed by atoms with Gasteiger partial charge in [-0.2, -0.15) is 0 Å². The van der Waals surface area contributed by atoms with Crippen molar-refractivity contribution in [2.45, 2.75) is 79.1 Å². The van der Waals surface area contributed by atoms with Crippen molar-refractivity contribution in [2.24, 2.45) is 0 Å². The quantitative estimate of drug-likeness (QED) is 0.108. The van der Waals surface area contributed by atoms with E-state index in [0.717, 1.165) is 5.56 Å². The second-order valence-electron chi connectivity index (χ2n) is 11.8. The molecule has 0 N–H and O–H groups in total. The van der Waals surface area contributed by atoms with Gasteiger partial charge in [0.1, 0.15) is 0 Å². The molecule has 4 rings (SSSR count). The van der Waals surface area contributed by atoms with Gasteiger partial charge in [0, 0.05) is 0 Å². The van der Waals surface area contributed by atoms with Crippen LogP contribution in [0.25, 0.3) is 11.4 Å². The summed E-state index contributed by atoms with van der Waals surface area (Å²) in [5, 5.41) is 0. The van der Waals surface area contributed by atoms with Crippen LogP contribution in [0.3, 0.4) is 0 Å². The molecule has 5 heteroatoms. The first-order chi connectivity index (χ1) is 20.0. The van der Waals surface area contributed by atoms with Gasteiger partial charge in [0.15, 0.2) is 0 Å². The van der Waals surface area contributed by atoms with E-state index in [0.29, 0.717) is 29.2 Å². The zero-order valence-corrected chi connectivity index (χ0v) is 28.4. The zero-order chi connectivity index (χ0) is 30.6. The van der Waals surface area contributed by atoms with Gasteiger partial charge in [-0.05, 0) is 0 Å². The van der Waals surface area contributed by atoms with Gasteiger partial charge in [0.25, 0.3) is 0 Å². The summed E-state index contributed by atoms with van der Waals surface area (Å²) in [5.74, 6) is 4.52. The molecule has 42 heavy (non-hydrogen) atoms. The number of ether oxygens (including phenoxy) is 1. The second kappa shape index (κ2) is 13.7. The number of imidazole rings is 1. The van der Waals surface area contributed by atoms with E-state index in [1.54, 1.807) is 6.07 Å². The van der Waals surface area contributed by atoms with Gasteiger partial charge in [-0.3, -0.25) is 0 Å². The van der Waals surface area contributed by atoms with Crippen LogP contribution >= 0.6 is 0 Å². The van der Waals surface area contributed by atoms with Crippen LogP contribution in [0.5, 0.6) is 0 Å². The van der Waals surface area contributed by atoms with Gasteiger partial charge in [-0.25, -0.2) is 0 Å². The van der Waals surface area contributed by atoms with E-state index in [1.165, 1.54) is 44.4 Å². The van der Waals surface area contributed by atoms with E-state index in [9.17, 15) is 4.79 Å². The van der Waals surface area contributed by atoms with Crippen molar-refractivity contribution >= 4 is 5.97 Å². The summed E-state index contributed by atoms with van der Waals surface area (Å²) < 4.78 is 14.5. The van der Waals surface area contributed by atoms with Crippen molar-refractivity contribution in [3.63, 3.8) is 0 Å². The Kier molecular flexibility index (Phi) is 10.3. The van der Waals surface area contributed by atoms with Crippen molar-refractivity contribution in [1.29, 1.82) is 0 Å². The number of benzene rings is 3. The molecule has 1 aromatic heterocycles. The number of carbonyl (C=O) groups is 1. The third-order valence-corrected chi connectivity index (χ3v) is 9.53. The number of hydrogen-bond acceptors (Lipinski definition) is 2. The SMILES string of the molecule is COC(=O)c1cccc(C#[C][Au]=[c]2n(-c3c(C(C)C)cccc3C(C)C)ccn2-c2c(C(C)C)cccc2C(C)C)c1. The Labute approximate surface area is 260 Å². The van der Waals surface area contributed by atoms with Crippen LogP contribution in [0.2, 0.25) is 0 Å². The number of methoxy groups -OCH3 is 1. The molecule has 0 atom stereocenters. The number of nitrogens with zero attached hydrogens (tertiary/aromatic N) is 2. The Morgan fingerprint density at radius 1 is 0.690 bits per heavy atom. The number of carbonyl (C=O) groups excluding carboxylic acids is 1. The average molecular weight is 745 g/mol. The minimum absolute atomic E-state index is 0.350. The molecule has 0 saturated carbocycles. The second-order valence-corrected chi connectivity index (χ2v) is 13.9. The third kappa shape index (κ3) is 6.65. The summed E-state index contributed by atoms with van der Waals surface area (Å²) in [6, 6.07) is 20.8. The Balaban J connectivity index is 2.08. The van der Waals surface area contributed by atoms with Crippen LogP contribution < -0.4 is 0 Å². The first kappa shape index (κ1) is 31.6. The van der Waals surface area contributed by atoms with Gasteiger partial charge in [-0.1, -0.05) is 0 Å². The fraction of sp³-hybridized carbons (Fsp3) is 0.351. The molecule has 0 amide bonds. The summed E-state index contributed by atoms with van der Waals surface area (Å²) in [7, 11) is 1.40. The molecule has 0 saturated heterocycles. The maximum absolute atomic E-state index is 12.1. The molecule has 0 unspecified atom stereocenters. The van der Waals surface area contributed by atoms with Crippen molar-refractivity contribution < 1.29 is 28.8 Å². The third-order valence-electron chi connectivity index (χ3n) is 7.46. The van der Waals surface area contributed by atoms with Gasteiger partial charge in [0.2, 0.25) is 0 Å². The molecule has 4 aromatic rings. The number of hydrogen-bond donors (Lipinski definition) is 0. The topological polar surface area (TPSA) is 36.2 Å². The summed E-state index contributed by atoms with van der Waals surface area (Å²) in [6.45, 7) is 18.2. The number of esters is 1. The molecule has 3 aromatic carbocycles. The average Bonchev–Trinajstić information content (AvgIpc) is 3.38. The molecule has 0 aliphatic rings. The molecule has 1 heterocycles. The van der Waals surface area contributed by atoms with E-state index in [2.05, 4.69) is 123 Å². The normalized spacial score (nSPS) is 11.5. The van der Waals surface area contributed by atoms with Gasteiger partial charge in [0.05, 0.1) is 0 Å². The summed E-state index contributed by atoms with van der Waals surface area (Å²) in [4.78, 5) is 12.1. The molecular weight excluding hydrogens is 701 g/mol. The van der Waals surface area contributed by atoms with Crippen LogP contribution in [0, 0.1) is 13.7 Å². The van der Waals surface area contributed by atoms with Crippen molar-refractivity contribution in [3.05, 3.63) is 110 Å². The standard InChI is InChI=1S/C27H36N2.C10H7O2.Au/c1-18(2)22-11-9-12-23(19(3)4)26(22)28-15-16-29(17-28)27-24(20(5)6)13-10-14-25(27)21(7)8;1-3-8-5-4-6-9(7-8)10(11)12-2;/h9-16,18-21H,1-8H3;4-7H,2H3;. The fourth-order valence-electron chi connectivity index (χ4n) is 5.27.